The van der Waals surface area contributed by atoms with E-state index in [4.69, 9.17) is 14.6 Å². The number of carboxylic acids is 2. The Morgan fingerprint density at radius 2 is 1.71 bits per heavy atom. The zero-order valence-corrected chi connectivity index (χ0v) is 10.5. The van der Waals surface area contributed by atoms with Gasteiger partial charge in [0, 0.05) is 0 Å². The minimum atomic E-state index is -1.25. The van der Waals surface area contributed by atoms with Crippen LogP contribution in [0.25, 0.3) is 21.9 Å². The molecule has 1 aromatic heterocycles. The monoisotopic (exact) mass is 284 g/mol. The lowest BCUT2D eigenvalue weighted by atomic mass is 10.1. The third kappa shape index (κ3) is 1.93. The predicted octanol–water partition coefficient (Wildman–Crippen LogP) is 2.34. The van der Waals surface area contributed by atoms with Crippen LogP contribution < -0.4 is 5.43 Å². The van der Waals surface area contributed by atoms with Crippen LogP contribution in [0.4, 0.5) is 0 Å². The van der Waals surface area contributed by atoms with E-state index in [1.54, 1.807) is 0 Å². The van der Waals surface area contributed by atoms with Crippen LogP contribution in [0.5, 0.6) is 0 Å². The van der Waals surface area contributed by atoms with Crippen LogP contribution in [0.1, 0.15) is 20.7 Å². The number of rotatable bonds is 2. The van der Waals surface area contributed by atoms with Crippen molar-refractivity contribution in [3.63, 3.8) is 0 Å². The summed E-state index contributed by atoms with van der Waals surface area (Å²) in [7, 11) is 0. The molecule has 0 saturated heterocycles. The molecule has 0 amide bonds. The summed E-state index contributed by atoms with van der Waals surface area (Å²) in [6.07, 6.45) is 0. The molecular formula is C15H8O6. The highest BCUT2D eigenvalue weighted by atomic mass is 16.4. The van der Waals surface area contributed by atoms with Crippen LogP contribution in [0.3, 0.4) is 0 Å². The first-order chi connectivity index (χ1) is 9.99. The van der Waals surface area contributed by atoms with Gasteiger partial charge >= 0.3 is 11.9 Å². The van der Waals surface area contributed by atoms with Crippen molar-refractivity contribution in [3.8, 4) is 0 Å². The van der Waals surface area contributed by atoms with E-state index >= 15 is 0 Å². The van der Waals surface area contributed by atoms with Crippen LogP contribution in [0, 0.1) is 0 Å². The SMILES string of the molecule is O=C(O)c1ccc2oc3cccc(C(=O)O)c3c(=O)c2c1. The lowest BCUT2D eigenvalue weighted by molar-refractivity contribution is 0.0687. The van der Waals surface area contributed by atoms with Gasteiger partial charge in [-0.1, -0.05) is 6.07 Å². The Morgan fingerprint density at radius 3 is 2.38 bits per heavy atom. The molecule has 21 heavy (non-hydrogen) atoms. The second-order valence-corrected chi connectivity index (χ2v) is 4.43. The Hall–Kier alpha value is -3.15. The average Bonchev–Trinajstić information content (AvgIpc) is 2.46. The molecule has 0 aliphatic rings. The highest BCUT2D eigenvalue weighted by molar-refractivity contribution is 6.05. The van der Waals surface area contributed by atoms with Gasteiger partial charge < -0.3 is 14.6 Å². The van der Waals surface area contributed by atoms with Crippen molar-refractivity contribution in [1.29, 1.82) is 0 Å². The number of aromatic carboxylic acids is 2. The third-order valence-corrected chi connectivity index (χ3v) is 3.17. The van der Waals surface area contributed by atoms with Gasteiger partial charge in [0.1, 0.15) is 11.2 Å². The molecule has 104 valence electrons. The Kier molecular flexibility index (Phi) is 2.72. The van der Waals surface area contributed by atoms with Crippen LogP contribution in [0.15, 0.2) is 45.6 Å². The molecule has 1 heterocycles. The summed E-state index contributed by atoms with van der Waals surface area (Å²) in [6, 6.07) is 8.16. The molecular weight excluding hydrogens is 276 g/mol. The Labute approximate surface area is 116 Å². The quantitative estimate of drug-likeness (QED) is 0.700. The second-order valence-electron chi connectivity index (χ2n) is 4.43. The smallest absolute Gasteiger partial charge is 0.336 e. The first-order valence-corrected chi connectivity index (χ1v) is 5.95. The lowest BCUT2D eigenvalue weighted by Crippen LogP contribution is -2.09. The molecule has 6 nitrogen and oxygen atoms in total. The van der Waals surface area contributed by atoms with Crippen molar-refractivity contribution < 1.29 is 24.2 Å². The highest BCUT2D eigenvalue weighted by Crippen LogP contribution is 2.22. The highest BCUT2D eigenvalue weighted by Gasteiger charge is 2.16. The minimum Gasteiger partial charge on any atom is -0.478 e. The number of carbonyl (C=O) groups is 2. The van der Waals surface area contributed by atoms with E-state index in [9.17, 15) is 14.4 Å². The molecule has 3 rings (SSSR count). The van der Waals surface area contributed by atoms with Gasteiger partial charge in [0.25, 0.3) is 0 Å². The molecule has 6 heteroatoms. The van der Waals surface area contributed by atoms with Crippen LogP contribution in [-0.4, -0.2) is 22.2 Å². The third-order valence-electron chi connectivity index (χ3n) is 3.17. The topological polar surface area (TPSA) is 105 Å². The Morgan fingerprint density at radius 1 is 0.952 bits per heavy atom. The number of hydrogen-bond acceptors (Lipinski definition) is 4. The normalized spacial score (nSPS) is 10.9. The molecule has 0 radical (unpaired) electrons. The summed E-state index contributed by atoms with van der Waals surface area (Å²) in [5.74, 6) is -2.43. The van der Waals surface area contributed by atoms with E-state index in [-0.39, 0.29) is 33.1 Å². The summed E-state index contributed by atoms with van der Waals surface area (Å²) in [6.45, 7) is 0. The molecule has 0 aliphatic carbocycles. The molecule has 0 atom stereocenters. The predicted molar refractivity (Wildman–Crippen MR) is 73.9 cm³/mol. The largest absolute Gasteiger partial charge is 0.478 e. The Balaban J connectivity index is 2.52. The number of hydrogen-bond donors (Lipinski definition) is 2. The summed E-state index contributed by atoms with van der Waals surface area (Å²) in [5, 5.41) is 18.1. The van der Waals surface area contributed by atoms with Gasteiger partial charge in [-0.3, -0.25) is 4.79 Å². The van der Waals surface area contributed by atoms with Crippen molar-refractivity contribution >= 4 is 33.9 Å². The summed E-state index contributed by atoms with van der Waals surface area (Å²) in [4.78, 5) is 34.6. The van der Waals surface area contributed by atoms with Crippen molar-refractivity contribution in [1.82, 2.24) is 0 Å². The van der Waals surface area contributed by atoms with E-state index in [0.717, 1.165) is 0 Å². The van der Waals surface area contributed by atoms with Gasteiger partial charge in [0.05, 0.1) is 21.9 Å². The zero-order valence-electron chi connectivity index (χ0n) is 10.5. The van der Waals surface area contributed by atoms with Crippen molar-refractivity contribution in [2.75, 3.05) is 0 Å². The molecule has 2 aromatic carbocycles. The van der Waals surface area contributed by atoms with Gasteiger partial charge in [-0.2, -0.15) is 0 Å². The van der Waals surface area contributed by atoms with E-state index in [1.807, 2.05) is 0 Å². The van der Waals surface area contributed by atoms with Gasteiger partial charge in [-0.25, -0.2) is 9.59 Å². The maximum atomic E-state index is 12.5. The number of fused-ring (bicyclic) bond motifs is 2. The number of benzene rings is 2. The van der Waals surface area contributed by atoms with Crippen molar-refractivity contribution in [2.45, 2.75) is 0 Å². The minimum absolute atomic E-state index is 0.0381. The van der Waals surface area contributed by atoms with Gasteiger partial charge in [-0.05, 0) is 30.3 Å². The molecule has 0 fully saturated rings. The van der Waals surface area contributed by atoms with Crippen molar-refractivity contribution in [2.24, 2.45) is 0 Å². The number of carboxylic acid groups (broad SMARTS) is 2. The molecule has 0 spiro atoms. The van der Waals surface area contributed by atoms with Crippen molar-refractivity contribution in [3.05, 3.63) is 57.7 Å². The average molecular weight is 284 g/mol. The lowest BCUT2D eigenvalue weighted by Gasteiger charge is -2.04. The maximum Gasteiger partial charge on any atom is 0.336 e. The van der Waals surface area contributed by atoms with E-state index in [1.165, 1.54) is 36.4 Å². The molecule has 0 unspecified atom stereocenters. The fraction of sp³-hybridized carbons (Fsp3) is 0. The molecule has 0 saturated carbocycles. The first kappa shape index (κ1) is 12.9. The van der Waals surface area contributed by atoms with Gasteiger partial charge in [-0.15, -0.1) is 0 Å². The fourth-order valence-electron chi connectivity index (χ4n) is 2.21. The summed E-state index contributed by atoms with van der Waals surface area (Å²) < 4.78 is 5.50. The standard InChI is InChI=1S/C15H8O6/c16-13-9-6-7(14(17)18)4-5-10(9)21-11-3-1-2-8(12(11)13)15(19)20/h1-6H,(H,17,18)(H,19,20). The van der Waals surface area contributed by atoms with Crippen LogP contribution >= 0.6 is 0 Å². The summed E-state index contributed by atoms with van der Waals surface area (Å²) in [5.41, 5.74) is -0.450. The van der Waals surface area contributed by atoms with E-state index in [0.29, 0.717) is 0 Å². The maximum absolute atomic E-state index is 12.5. The van der Waals surface area contributed by atoms with Gasteiger partial charge in [0.15, 0.2) is 0 Å². The zero-order chi connectivity index (χ0) is 15.1. The summed E-state index contributed by atoms with van der Waals surface area (Å²) >= 11 is 0. The fourth-order valence-corrected chi connectivity index (χ4v) is 2.21. The first-order valence-electron chi connectivity index (χ1n) is 5.95. The molecule has 0 bridgehead atoms. The molecule has 3 aromatic rings. The van der Waals surface area contributed by atoms with Gasteiger partial charge in [0.2, 0.25) is 5.43 Å². The van der Waals surface area contributed by atoms with E-state index < -0.39 is 17.4 Å². The van der Waals surface area contributed by atoms with Crippen LogP contribution in [0.2, 0.25) is 0 Å². The second kappa shape index (κ2) is 4.45. The van der Waals surface area contributed by atoms with E-state index in [2.05, 4.69) is 0 Å². The molecule has 0 aliphatic heterocycles. The van der Waals surface area contributed by atoms with Crippen LogP contribution in [-0.2, 0) is 0 Å². The Bertz CT molecular complexity index is 967. The molecule has 2 N–H and O–H groups in total.